The van der Waals surface area contributed by atoms with Crippen LogP contribution >= 0.6 is 0 Å². The highest BCUT2D eigenvalue weighted by molar-refractivity contribution is 5.88. The maximum atomic E-state index is 12.4. The molecule has 0 aromatic heterocycles. The molecule has 7 nitrogen and oxygen atoms in total. The van der Waals surface area contributed by atoms with Gasteiger partial charge in [0.25, 0.3) is 0 Å². The van der Waals surface area contributed by atoms with Gasteiger partial charge in [0.15, 0.2) is 0 Å². The van der Waals surface area contributed by atoms with Crippen molar-refractivity contribution in [2.24, 2.45) is 0 Å². The van der Waals surface area contributed by atoms with E-state index in [2.05, 4.69) is 16.0 Å². The molecule has 3 amide bonds. The lowest BCUT2D eigenvalue weighted by atomic mass is 9.96. The van der Waals surface area contributed by atoms with Gasteiger partial charge >= 0.3 is 12.0 Å². The van der Waals surface area contributed by atoms with Crippen LogP contribution in [0.2, 0.25) is 0 Å². The number of aliphatic carboxylic acids is 1. The Balaban J connectivity index is 1.61. The lowest BCUT2D eigenvalue weighted by Gasteiger charge is -2.23. The second-order valence-electron chi connectivity index (χ2n) is 7.45. The molecule has 0 spiro atoms. The number of rotatable bonds is 7. The Labute approximate surface area is 169 Å². The summed E-state index contributed by atoms with van der Waals surface area (Å²) in [6.45, 7) is -0.209. The van der Waals surface area contributed by atoms with Gasteiger partial charge in [-0.15, -0.1) is 0 Å². The third-order valence-electron chi connectivity index (χ3n) is 5.26. The van der Waals surface area contributed by atoms with Crippen molar-refractivity contribution in [3.8, 4) is 0 Å². The number of benzene rings is 2. The first kappa shape index (κ1) is 20.6. The van der Waals surface area contributed by atoms with E-state index in [1.165, 1.54) is 6.42 Å². The molecule has 0 radical (unpaired) electrons. The van der Waals surface area contributed by atoms with Gasteiger partial charge in [-0.25, -0.2) is 4.79 Å². The number of carbonyl (C=O) groups is 3. The van der Waals surface area contributed by atoms with Crippen LogP contribution in [-0.4, -0.2) is 35.6 Å². The number of carboxylic acid groups (broad SMARTS) is 1. The van der Waals surface area contributed by atoms with Crippen molar-refractivity contribution in [3.63, 3.8) is 0 Å². The molecule has 1 atom stereocenters. The predicted octanol–water partition coefficient (Wildman–Crippen LogP) is 3.10. The number of nitrogens with one attached hydrogen (secondary N) is 3. The fraction of sp³-hybridized carbons (Fsp3) is 0.409. The van der Waals surface area contributed by atoms with Crippen LogP contribution in [0.25, 0.3) is 10.8 Å². The van der Waals surface area contributed by atoms with Gasteiger partial charge < -0.3 is 21.1 Å². The van der Waals surface area contributed by atoms with E-state index in [1.807, 2.05) is 42.5 Å². The third-order valence-corrected chi connectivity index (χ3v) is 5.26. The van der Waals surface area contributed by atoms with Gasteiger partial charge in [-0.1, -0.05) is 61.7 Å². The monoisotopic (exact) mass is 397 g/mol. The normalized spacial score (nSPS) is 15.4. The SMILES string of the molecule is O=C(O)C[C@@H](NC(=O)CNC(=O)NC1CCCCC1)c1cccc2ccccc12. The zero-order valence-electron chi connectivity index (χ0n) is 16.3. The minimum absolute atomic E-state index is 0.155. The number of fused-ring (bicyclic) bond motifs is 1. The van der Waals surface area contributed by atoms with Crippen LogP contribution in [0.15, 0.2) is 42.5 Å². The molecule has 4 N–H and O–H groups in total. The summed E-state index contributed by atoms with van der Waals surface area (Å²) in [6, 6.07) is 12.3. The fourth-order valence-corrected chi connectivity index (χ4v) is 3.86. The van der Waals surface area contributed by atoms with Crippen molar-refractivity contribution in [2.75, 3.05) is 6.54 Å². The molecule has 1 aliphatic rings. The van der Waals surface area contributed by atoms with Gasteiger partial charge in [0.2, 0.25) is 5.91 Å². The van der Waals surface area contributed by atoms with Crippen LogP contribution < -0.4 is 16.0 Å². The first-order valence-corrected chi connectivity index (χ1v) is 10.1. The second-order valence-corrected chi connectivity index (χ2v) is 7.45. The molecular weight excluding hydrogens is 370 g/mol. The smallest absolute Gasteiger partial charge is 0.315 e. The molecule has 29 heavy (non-hydrogen) atoms. The van der Waals surface area contributed by atoms with Crippen molar-refractivity contribution >= 4 is 28.7 Å². The molecule has 2 aromatic carbocycles. The second kappa shape index (κ2) is 9.91. The van der Waals surface area contributed by atoms with Crippen molar-refractivity contribution in [1.82, 2.24) is 16.0 Å². The van der Waals surface area contributed by atoms with E-state index in [9.17, 15) is 19.5 Å². The summed E-state index contributed by atoms with van der Waals surface area (Å²) in [5, 5.41) is 19.4. The van der Waals surface area contributed by atoms with Crippen LogP contribution in [0.4, 0.5) is 4.79 Å². The average molecular weight is 397 g/mol. The van der Waals surface area contributed by atoms with Crippen molar-refractivity contribution in [1.29, 1.82) is 0 Å². The van der Waals surface area contributed by atoms with Gasteiger partial charge in [0, 0.05) is 6.04 Å². The summed E-state index contributed by atoms with van der Waals surface area (Å²) in [5.41, 5.74) is 0.741. The van der Waals surface area contributed by atoms with Crippen LogP contribution in [-0.2, 0) is 9.59 Å². The van der Waals surface area contributed by atoms with E-state index in [0.29, 0.717) is 0 Å². The number of carboxylic acids is 1. The Hall–Kier alpha value is -3.09. The molecule has 1 aliphatic carbocycles. The number of hydrogen-bond acceptors (Lipinski definition) is 3. The van der Waals surface area contributed by atoms with Gasteiger partial charge in [0.1, 0.15) is 0 Å². The van der Waals surface area contributed by atoms with E-state index < -0.39 is 17.9 Å². The van der Waals surface area contributed by atoms with E-state index in [0.717, 1.165) is 42.0 Å². The first-order valence-electron chi connectivity index (χ1n) is 10.1. The predicted molar refractivity (Wildman–Crippen MR) is 110 cm³/mol. The average Bonchev–Trinajstić information content (AvgIpc) is 2.72. The van der Waals surface area contributed by atoms with Gasteiger partial charge in [0.05, 0.1) is 19.0 Å². The zero-order valence-corrected chi connectivity index (χ0v) is 16.3. The maximum absolute atomic E-state index is 12.4. The molecule has 154 valence electrons. The molecule has 1 saturated carbocycles. The minimum Gasteiger partial charge on any atom is -0.481 e. The summed E-state index contributed by atoms with van der Waals surface area (Å²) in [4.78, 5) is 35.8. The first-order chi connectivity index (χ1) is 14.0. The zero-order chi connectivity index (χ0) is 20.6. The van der Waals surface area contributed by atoms with Gasteiger partial charge in [-0.05, 0) is 29.2 Å². The molecule has 0 bridgehead atoms. The maximum Gasteiger partial charge on any atom is 0.315 e. The summed E-state index contributed by atoms with van der Waals surface area (Å²) >= 11 is 0. The highest BCUT2D eigenvalue weighted by Crippen LogP contribution is 2.26. The standard InChI is InChI=1S/C22H27N3O4/c26-20(14-23-22(29)24-16-9-2-1-3-10-16)25-19(13-21(27)28)18-12-6-8-15-7-4-5-11-17(15)18/h4-8,11-12,16,19H,1-3,9-10,13-14H2,(H,25,26)(H,27,28)(H2,23,24,29)/t19-/m1/s1. The number of amides is 3. The highest BCUT2D eigenvalue weighted by Gasteiger charge is 2.21. The summed E-state index contributed by atoms with van der Waals surface area (Å²) in [6.07, 6.45) is 5.08. The summed E-state index contributed by atoms with van der Waals surface area (Å²) < 4.78 is 0. The molecule has 7 heteroatoms. The molecule has 2 aromatic rings. The van der Waals surface area contributed by atoms with Crippen LogP contribution in [0, 0.1) is 0 Å². The molecule has 0 saturated heterocycles. The van der Waals surface area contributed by atoms with Crippen LogP contribution in [0.1, 0.15) is 50.1 Å². The Morgan fingerprint density at radius 2 is 1.72 bits per heavy atom. The Morgan fingerprint density at radius 3 is 2.48 bits per heavy atom. The van der Waals surface area contributed by atoms with E-state index in [4.69, 9.17) is 0 Å². The lowest BCUT2D eigenvalue weighted by Crippen LogP contribution is -2.46. The molecule has 3 rings (SSSR count). The molecule has 0 aliphatic heterocycles. The topological polar surface area (TPSA) is 108 Å². The third kappa shape index (κ3) is 5.94. The fourth-order valence-electron chi connectivity index (χ4n) is 3.86. The molecular formula is C22H27N3O4. The quantitative estimate of drug-likeness (QED) is 0.576. The highest BCUT2D eigenvalue weighted by atomic mass is 16.4. The Morgan fingerprint density at radius 1 is 1.00 bits per heavy atom. The molecule has 0 unspecified atom stereocenters. The largest absolute Gasteiger partial charge is 0.481 e. The van der Waals surface area contributed by atoms with Crippen LogP contribution in [0.3, 0.4) is 0 Å². The Bertz CT molecular complexity index is 872. The molecule has 1 fully saturated rings. The number of hydrogen-bond donors (Lipinski definition) is 4. The molecule has 0 heterocycles. The van der Waals surface area contributed by atoms with E-state index in [-0.39, 0.29) is 25.0 Å². The van der Waals surface area contributed by atoms with E-state index >= 15 is 0 Å². The van der Waals surface area contributed by atoms with Gasteiger partial charge in [-0.3, -0.25) is 9.59 Å². The number of urea groups is 1. The van der Waals surface area contributed by atoms with E-state index in [1.54, 1.807) is 0 Å². The van der Waals surface area contributed by atoms with Crippen LogP contribution in [0.5, 0.6) is 0 Å². The Kier molecular flexibility index (Phi) is 7.05. The van der Waals surface area contributed by atoms with Crippen molar-refractivity contribution < 1.29 is 19.5 Å². The number of carbonyl (C=O) groups excluding carboxylic acids is 2. The summed E-state index contributed by atoms with van der Waals surface area (Å²) in [7, 11) is 0. The van der Waals surface area contributed by atoms with Crippen molar-refractivity contribution in [3.05, 3.63) is 48.0 Å². The van der Waals surface area contributed by atoms with Crippen molar-refractivity contribution in [2.45, 2.75) is 50.6 Å². The summed E-state index contributed by atoms with van der Waals surface area (Å²) in [5.74, 6) is -1.44. The minimum atomic E-state index is -1.01. The van der Waals surface area contributed by atoms with Gasteiger partial charge in [-0.2, -0.15) is 0 Å². The lowest BCUT2D eigenvalue weighted by molar-refractivity contribution is -0.137.